The summed E-state index contributed by atoms with van der Waals surface area (Å²) in [4.78, 5) is 11.0. The number of hydrogen-bond acceptors (Lipinski definition) is 4. The van der Waals surface area contributed by atoms with Gasteiger partial charge < -0.3 is 14.8 Å². The highest BCUT2D eigenvalue weighted by Crippen LogP contribution is 2.34. The summed E-state index contributed by atoms with van der Waals surface area (Å²) in [7, 11) is 3.04. The normalized spacial score (nSPS) is 9.12. The third-order valence-corrected chi connectivity index (χ3v) is 2.13. The van der Waals surface area contributed by atoms with Gasteiger partial charge in [0.25, 0.3) is 0 Å². The Kier molecular flexibility index (Phi) is 3.72. The van der Waals surface area contributed by atoms with E-state index in [1.54, 1.807) is 26.2 Å². The lowest BCUT2D eigenvalue weighted by atomic mass is 10.1. The van der Waals surface area contributed by atoms with E-state index in [1.807, 2.05) is 0 Å². The summed E-state index contributed by atoms with van der Waals surface area (Å²) in [5.74, 6) is 0.414. The van der Waals surface area contributed by atoms with Crippen molar-refractivity contribution < 1.29 is 14.3 Å². The van der Waals surface area contributed by atoms with Crippen molar-refractivity contribution in [3.63, 3.8) is 0 Å². The van der Waals surface area contributed by atoms with Crippen LogP contribution in [0.4, 0.5) is 5.69 Å². The van der Waals surface area contributed by atoms with Gasteiger partial charge in [-0.25, -0.2) is 0 Å². The Hall–Kier alpha value is -2.22. The molecule has 84 valence electrons. The maximum absolute atomic E-state index is 11.0. The number of nitrogens with one attached hydrogen (secondary N) is 1. The zero-order chi connectivity index (χ0) is 12.1. The number of anilines is 1. The molecular formula is C11H12N2O3. The van der Waals surface area contributed by atoms with E-state index in [-0.39, 0.29) is 0 Å². The topological polar surface area (TPSA) is 71.3 Å². The summed E-state index contributed by atoms with van der Waals surface area (Å²) in [5, 5.41) is 10.8. The summed E-state index contributed by atoms with van der Waals surface area (Å²) in [5.41, 5.74) is 1.22. The smallest absolute Gasteiger partial charge is 0.326 e. The first-order valence-corrected chi connectivity index (χ1v) is 4.56. The van der Waals surface area contributed by atoms with E-state index >= 15 is 0 Å². The third-order valence-electron chi connectivity index (χ3n) is 2.13. The fourth-order valence-corrected chi connectivity index (χ4v) is 1.41. The molecule has 0 saturated heterocycles. The second kappa shape index (κ2) is 5.03. The highest BCUT2D eigenvalue weighted by atomic mass is 16.5. The molecule has 0 bridgehead atoms. The van der Waals surface area contributed by atoms with Crippen LogP contribution in [0.5, 0.6) is 11.5 Å². The lowest BCUT2D eigenvalue weighted by Gasteiger charge is -2.13. The minimum absolute atomic E-state index is 0.451. The van der Waals surface area contributed by atoms with E-state index < -0.39 is 5.91 Å². The van der Waals surface area contributed by atoms with Gasteiger partial charge in [-0.05, 0) is 19.1 Å². The number of carbonyl (C=O) groups excluding carboxylic acids is 1. The van der Waals surface area contributed by atoms with Gasteiger partial charge in [-0.3, -0.25) is 4.79 Å². The van der Waals surface area contributed by atoms with Crippen LogP contribution in [-0.4, -0.2) is 20.1 Å². The van der Waals surface area contributed by atoms with Crippen molar-refractivity contribution in [2.45, 2.75) is 6.92 Å². The van der Waals surface area contributed by atoms with E-state index in [9.17, 15) is 4.79 Å². The molecule has 1 aromatic rings. The summed E-state index contributed by atoms with van der Waals surface area (Å²) in [6.07, 6.45) is 0. The highest BCUT2D eigenvalue weighted by molar-refractivity contribution is 6.03. The van der Waals surface area contributed by atoms with E-state index in [4.69, 9.17) is 14.7 Å². The van der Waals surface area contributed by atoms with E-state index in [1.165, 1.54) is 13.2 Å². The molecule has 1 aromatic carbocycles. The predicted molar refractivity (Wildman–Crippen MR) is 58.5 cm³/mol. The number of carbonyl (C=O) groups is 1. The molecule has 0 heterocycles. The number of rotatable bonds is 3. The first-order valence-electron chi connectivity index (χ1n) is 4.56. The van der Waals surface area contributed by atoms with Crippen molar-refractivity contribution >= 4 is 11.6 Å². The van der Waals surface area contributed by atoms with Gasteiger partial charge in [-0.2, -0.15) is 5.26 Å². The second-order valence-electron chi connectivity index (χ2n) is 3.04. The van der Waals surface area contributed by atoms with Crippen LogP contribution in [0.3, 0.4) is 0 Å². The molecule has 1 rings (SSSR count). The van der Waals surface area contributed by atoms with Crippen molar-refractivity contribution in [2.24, 2.45) is 0 Å². The zero-order valence-electron chi connectivity index (χ0n) is 9.33. The monoisotopic (exact) mass is 220 g/mol. The number of ether oxygens (including phenoxy) is 2. The Morgan fingerprint density at radius 2 is 2.06 bits per heavy atom. The van der Waals surface area contributed by atoms with Crippen molar-refractivity contribution in [2.75, 3.05) is 19.5 Å². The summed E-state index contributed by atoms with van der Waals surface area (Å²) in [6.45, 7) is 1.81. The number of hydrogen-bond donors (Lipinski definition) is 1. The van der Waals surface area contributed by atoms with Crippen LogP contribution in [0, 0.1) is 18.3 Å². The molecule has 0 saturated carbocycles. The average molecular weight is 220 g/mol. The lowest BCUT2D eigenvalue weighted by molar-refractivity contribution is -0.111. The average Bonchev–Trinajstić information content (AvgIpc) is 2.29. The predicted octanol–water partition coefficient (Wildman–Crippen LogP) is 1.47. The highest BCUT2D eigenvalue weighted by Gasteiger charge is 2.12. The third kappa shape index (κ3) is 2.23. The fraction of sp³-hybridized carbons (Fsp3) is 0.273. The number of nitrogens with zero attached hydrogens (tertiary/aromatic N) is 1. The van der Waals surface area contributed by atoms with Crippen molar-refractivity contribution in [1.29, 1.82) is 5.26 Å². The van der Waals surface area contributed by atoms with Crippen LogP contribution >= 0.6 is 0 Å². The summed E-state index contributed by atoms with van der Waals surface area (Å²) in [6, 6.07) is 4.80. The number of nitriles is 1. The quantitative estimate of drug-likeness (QED) is 0.783. The van der Waals surface area contributed by atoms with Crippen LogP contribution in [0.2, 0.25) is 0 Å². The Morgan fingerprint density at radius 1 is 1.38 bits per heavy atom. The minimum Gasteiger partial charge on any atom is -0.496 e. The van der Waals surface area contributed by atoms with Gasteiger partial charge in [0.15, 0.2) is 6.07 Å². The SMILES string of the molecule is COc1ccc(NC(=O)C#N)c(OC)c1C. The van der Waals surface area contributed by atoms with Gasteiger partial charge in [-0.15, -0.1) is 0 Å². The molecule has 0 aliphatic rings. The fourth-order valence-electron chi connectivity index (χ4n) is 1.41. The maximum atomic E-state index is 11.0. The van der Waals surface area contributed by atoms with Crippen LogP contribution in [-0.2, 0) is 4.79 Å². The molecule has 0 unspecified atom stereocenters. The Labute approximate surface area is 93.6 Å². The molecule has 5 heteroatoms. The molecule has 5 nitrogen and oxygen atoms in total. The van der Waals surface area contributed by atoms with Crippen molar-refractivity contribution in [1.82, 2.24) is 0 Å². The second-order valence-corrected chi connectivity index (χ2v) is 3.04. The molecule has 0 radical (unpaired) electrons. The summed E-state index contributed by atoms with van der Waals surface area (Å²) < 4.78 is 10.3. The van der Waals surface area contributed by atoms with Gasteiger partial charge in [0, 0.05) is 5.56 Å². The molecule has 0 aliphatic heterocycles. The van der Waals surface area contributed by atoms with Crippen LogP contribution in [0.15, 0.2) is 12.1 Å². The van der Waals surface area contributed by atoms with Crippen molar-refractivity contribution in [3.8, 4) is 17.6 Å². The Morgan fingerprint density at radius 3 is 2.56 bits per heavy atom. The largest absolute Gasteiger partial charge is 0.496 e. The van der Waals surface area contributed by atoms with E-state index in [0.717, 1.165) is 5.56 Å². The number of benzene rings is 1. The van der Waals surface area contributed by atoms with Gasteiger partial charge in [-0.1, -0.05) is 0 Å². The van der Waals surface area contributed by atoms with Crippen LogP contribution < -0.4 is 14.8 Å². The van der Waals surface area contributed by atoms with Gasteiger partial charge >= 0.3 is 5.91 Å². The summed E-state index contributed by atoms with van der Waals surface area (Å²) >= 11 is 0. The van der Waals surface area contributed by atoms with Crippen LogP contribution in [0.25, 0.3) is 0 Å². The molecule has 1 amide bonds. The Balaban J connectivity index is 3.16. The lowest BCUT2D eigenvalue weighted by Crippen LogP contribution is -2.09. The first-order chi connectivity index (χ1) is 7.63. The van der Waals surface area contributed by atoms with E-state index in [0.29, 0.717) is 17.2 Å². The van der Waals surface area contributed by atoms with E-state index in [2.05, 4.69) is 5.32 Å². The molecular weight excluding hydrogens is 208 g/mol. The standard InChI is InChI=1S/C11H12N2O3/c1-7-9(15-2)5-4-8(11(7)16-3)13-10(14)6-12/h4-5H,1-3H3,(H,13,14). The number of methoxy groups -OCH3 is 2. The zero-order valence-corrected chi connectivity index (χ0v) is 9.33. The Bertz CT molecular complexity index is 449. The van der Waals surface area contributed by atoms with Gasteiger partial charge in [0.05, 0.1) is 19.9 Å². The van der Waals surface area contributed by atoms with Gasteiger partial charge in [0.1, 0.15) is 11.5 Å². The first kappa shape index (κ1) is 11.9. The van der Waals surface area contributed by atoms with Gasteiger partial charge in [0.2, 0.25) is 0 Å². The van der Waals surface area contributed by atoms with Crippen molar-refractivity contribution in [3.05, 3.63) is 17.7 Å². The van der Waals surface area contributed by atoms with Crippen LogP contribution in [0.1, 0.15) is 5.56 Å². The number of amides is 1. The molecule has 16 heavy (non-hydrogen) atoms. The molecule has 0 fully saturated rings. The molecule has 0 aromatic heterocycles. The molecule has 1 N–H and O–H groups in total. The molecule has 0 atom stereocenters. The maximum Gasteiger partial charge on any atom is 0.326 e. The molecule has 0 aliphatic carbocycles. The minimum atomic E-state index is -0.733. The molecule has 0 spiro atoms.